The maximum absolute atomic E-state index is 13.3. The van der Waals surface area contributed by atoms with E-state index in [4.69, 9.17) is 27.9 Å². The summed E-state index contributed by atoms with van der Waals surface area (Å²) in [5.74, 6) is 1.83. The van der Waals surface area contributed by atoms with Crippen LogP contribution in [0.2, 0.25) is 5.02 Å². The van der Waals surface area contributed by atoms with E-state index < -0.39 is 23.0 Å². The Balaban J connectivity index is 2.22. The Morgan fingerprint density at radius 1 is 1.28 bits per heavy atom. The fourth-order valence-electron chi connectivity index (χ4n) is 3.17. The Morgan fingerprint density at radius 2 is 2.00 bits per heavy atom. The first kappa shape index (κ1) is 26.8. The summed E-state index contributed by atoms with van der Waals surface area (Å²) in [5.41, 5.74) is -1.90. The minimum atomic E-state index is -4.55. The molecule has 13 heteroatoms. The van der Waals surface area contributed by atoms with Gasteiger partial charge in [-0.3, -0.25) is 23.5 Å². The molecule has 0 radical (unpaired) electrons. The van der Waals surface area contributed by atoms with Gasteiger partial charge in [0.15, 0.2) is 16.9 Å². The molecule has 0 saturated carbocycles. The smallest absolute Gasteiger partial charge is 0.412 e. The zero-order chi connectivity index (χ0) is 26.6. The second-order valence-electron chi connectivity index (χ2n) is 7.62. The maximum atomic E-state index is 13.3. The van der Waals surface area contributed by atoms with Gasteiger partial charge in [0, 0.05) is 32.0 Å². The zero-order valence-corrected chi connectivity index (χ0v) is 20.0. The van der Waals surface area contributed by atoms with Crippen molar-refractivity contribution in [1.29, 1.82) is 0 Å². The van der Waals surface area contributed by atoms with Crippen molar-refractivity contribution < 1.29 is 23.0 Å². The largest absolute Gasteiger partial charge is 0.416 e. The number of aryl methyl sites for hydroxylation is 1. The zero-order valence-electron chi connectivity index (χ0n) is 19.2. The Kier molecular flexibility index (Phi) is 8.07. The number of alkyl halides is 3. The van der Waals surface area contributed by atoms with Crippen molar-refractivity contribution in [1.82, 2.24) is 23.7 Å². The molecule has 0 aliphatic heterocycles. The number of hydrogen-bond donors (Lipinski definition) is 1. The number of halogens is 4. The van der Waals surface area contributed by atoms with E-state index in [2.05, 4.69) is 15.9 Å². The summed E-state index contributed by atoms with van der Waals surface area (Å²) in [5, 5.41) is 9.53. The molecule has 0 unspecified atom stereocenters. The number of aliphatic hydroxyl groups excluding tert-OH is 1. The van der Waals surface area contributed by atoms with Crippen molar-refractivity contribution in [2.75, 3.05) is 6.61 Å². The number of imidazole rings is 1. The molecule has 0 fully saturated rings. The number of terminal acetylenes is 1. The number of hydrogen-bond acceptors (Lipinski definition) is 6. The highest BCUT2D eigenvalue weighted by Gasteiger charge is 2.29. The first-order valence-corrected chi connectivity index (χ1v) is 10.9. The van der Waals surface area contributed by atoms with Gasteiger partial charge in [-0.1, -0.05) is 17.7 Å². The van der Waals surface area contributed by atoms with E-state index in [0.29, 0.717) is 10.7 Å². The van der Waals surface area contributed by atoms with Crippen LogP contribution < -0.4 is 16.0 Å². The predicted octanol–water partition coefficient (Wildman–Crippen LogP) is 2.78. The van der Waals surface area contributed by atoms with Gasteiger partial charge in [-0.05, 0) is 37.5 Å². The molecule has 0 aromatic carbocycles. The van der Waals surface area contributed by atoms with Crippen molar-refractivity contribution in [3.05, 3.63) is 73.4 Å². The predicted molar refractivity (Wildman–Crippen MR) is 127 cm³/mol. The molecule has 1 N–H and O–H groups in total. The topological polar surface area (TPSA) is 104 Å². The fraction of sp³-hybridized carbons (Fsp3) is 0.304. The SMILES string of the molecule is C#C/C(=C\C=C(/C)C(F)(F)F)Oc1nc2c(c(=O)n(CCCO)c(=O)n2C)n1Cc1ccc(Cl)cn1. The number of fused-ring (bicyclic) bond motifs is 1. The monoisotopic (exact) mass is 523 g/mol. The second kappa shape index (κ2) is 10.8. The normalized spacial score (nSPS) is 12.7. The summed E-state index contributed by atoms with van der Waals surface area (Å²) in [6.07, 6.45) is 4.13. The van der Waals surface area contributed by atoms with Gasteiger partial charge < -0.3 is 9.84 Å². The average Bonchev–Trinajstić information content (AvgIpc) is 3.18. The molecular weight excluding hydrogens is 503 g/mol. The lowest BCUT2D eigenvalue weighted by molar-refractivity contribution is -0.0913. The van der Waals surface area contributed by atoms with Crippen molar-refractivity contribution in [2.45, 2.75) is 32.6 Å². The molecule has 0 atom stereocenters. The van der Waals surface area contributed by atoms with Gasteiger partial charge in [0.05, 0.1) is 17.3 Å². The molecule has 36 heavy (non-hydrogen) atoms. The van der Waals surface area contributed by atoms with Gasteiger partial charge in [0.2, 0.25) is 0 Å². The summed E-state index contributed by atoms with van der Waals surface area (Å²) in [4.78, 5) is 34.5. The van der Waals surface area contributed by atoms with E-state index in [0.717, 1.165) is 28.2 Å². The Morgan fingerprint density at radius 3 is 2.58 bits per heavy atom. The number of pyridine rings is 1. The van der Waals surface area contributed by atoms with Crippen LogP contribution in [0.15, 0.2) is 51.4 Å². The van der Waals surface area contributed by atoms with Crippen LogP contribution in [-0.2, 0) is 20.1 Å². The molecule has 0 aliphatic carbocycles. The third kappa shape index (κ3) is 5.69. The van der Waals surface area contributed by atoms with Crippen LogP contribution in [0.25, 0.3) is 11.2 Å². The van der Waals surface area contributed by atoms with E-state index in [1.807, 2.05) is 0 Å². The third-order valence-corrected chi connectivity index (χ3v) is 5.34. The minimum Gasteiger partial charge on any atom is -0.416 e. The molecular formula is C23H21ClF3N5O4. The number of nitrogens with zero attached hydrogens (tertiary/aromatic N) is 5. The van der Waals surface area contributed by atoms with Gasteiger partial charge in [0.1, 0.15) is 0 Å². The van der Waals surface area contributed by atoms with Crippen molar-refractivity contribution in [2.24, 2.45) is 7.05 Å². The van der Waals surface area contributed by atoms with Crippen molar-refractivity contribution in [3.8, 4) is 18.4 Å². The van der Waals surface area contributed by atoms with Gasteiger partial charge in [-0.25, -0.2) is 4.79 Å². The number of allylic oxidation sites excluding steroid dienone is 4. The molecule has 190 valence electrons. The highest BCUT2D eigenvalue weighted by atomic mass is 35.5. The molecule has 0 amide bonds. The van der Waals surface area contributed by atoms with Crippen LogP contribution in [0, 0.1) is 12.3 Å². The standard InChI is InChI=1S/C23H21ClF3N5O4/c1-4-17(9-6-14(2)23(25,26)27)36-21-29-19-18(32(21)13-16-8-7-15(24)12-28-16)20(34)31(10-5-11-33)22(35)30(19)3/h1,6-9,12,33H,5,10-11,13H2,2-3H3/b14-6+,17-9+. The van der Waals surface area contributed by atoms with Crippen LogP contribution in [0.3, 0.4) is 0 Å². The Hall–Kier alpha value is -3.82. The number of aromatic nitrogens is 5. The summed E-state index contributed by atoms with van der Waals surface area (Å²) in [6.45, 7) is 0.523. The number of aliphatic hydroxyl groups is 1. The molecule has 0 saturated heterocycles. The molecule has 3 heterocycles. The fourth-order valence-corrected chi connectivity index (χ4v) is 3.28. The van der Waals surface area contributed by atoms with E-state index in [1.54, 1.807) is 12.1 Å². The molecule has 0 bridgehead atoms. The molecule has 0 aliphatic rings. The maximum Gasteiger partial charge on any atom is 0.412 e. The lowest BCUT2D eigenvalue weighted by Gasteiger charge is -2.11. The summed E-state index contributed by atoms with van der Waals surface area (Å²) in [6, 6.07) is 2.93. The van der Waals surface area contributed by atoms with Crippen molar-refractivity contribution >= 4 is 22.8 Å². The second-order valence-corrected chi connectivity index (χ2v) is 8.06. The third-order valence-electron chi connectivity index (χ3n) is 5.12. The first-order chi connectivity index (χ1) is 17.0. The van der Waals surface area contributed by atoms with Crippen LogP contribution in [0.1, 0.15) is 19.0 Å². The molecule has 9 nitrogen and oxygen atoms in total. The van der Waals surface area contributed by atoms with Gasteiger partial charge in [0.25, 0.3) is 5.56 Å². The summed E-state index contributed by atoms with van der Waals surface area (Å²) in [7, 11) is 1.40. The summed E-state index contributed by atoms with van der Waals surface area (Å²) >= 11 is 5.90. The quantitative estimate of drug-likeness (QED) is 0.277. The van der Waals surface area contributed by atoms with Crippen molar-refractivity contribution in [3.63, 3.8) is 0 Å². The highest BCUT2D eigenvalue weighted by molar-refractivity contribution is 6.30. The van der Waals surface area contributed by atoms with Crippen LogP contribution in [-0.4, -0.2) is 41.6 Å². The van der Waals surface area contributed by atoms with Gasteiger partial charge >= 0.3 is 17.9 Å². The van der Waals surface area contributed by atoms with Gasteiger partial charge in [-0.2, -0.15) is 18.2 Å². The van der Waals surface area contributed by atoms with E-state index in [-0.39, 0.29) is 49.1 Å². The average molecular weight is 524 g/mol. The molecule has 3 aromatic heterocycles. The van der Waals surface area contributed by atoms with E-state index in [9.17, 15) is 22.8 Å². The molecule has 0 spiro atoms. The molecule has 3 rings (SSSR count). The van der Waals surface area contributed by atoms with Crippen LogP contribution in [0.5, 0.6) is 6.01 Å². The lowest BCUT2D eigenvalue weighted by atomic mass is 10.2. The Labute approximate surface area is 207 Å². The lowest BCUT2D eigenvalue weighted by Crippen LogP contribution is -2.40. The summed E-state index contributed by atoms with van der Waals surface area (Å²) < 4.78 is 47.6. The van der Waals surface area contributed by atoms with Gasteiger partial charge in [-0.15, -0.1) is 6.42 Å². The Bertz CT molecular complexity index is 1490. The highest BCUT2D eigenvalue weighted by Crippen LogP contribution is 2.25. The van der Waals surface area contributed by atoms with E-state index >= 15 is 0 Å². The first-order valence-electron chi connectivity index (χ1n) is 10.5. The minimum absolute atomic E-state index is 0.0276. The van der Waals surface area contributed by atoms with Crippen LogP contribution >= 0.6 is 11.6 Å². The van der Waals surface area contributed by atoms with Crippen LogP contribution in [0.4, 0.5) is 13.2 Å². The van der Waals surface area contributed by atoms with E-state index in [1.165, 1.54) is 17.8 Å². The number of ether oxygens (including phenoxy) is 1. The molecule has 3 aromatic rings. The number of rotatable bonds is 8.